The van der Waals surface area contributed by atoms with E-state index >= 15 is 0 Å². The van der Waals surface area contributed by atoms with Gasteiger partial charge in [0.2, 0.25) is 5.88 Å². The van der Waals surface area contributed by atoms with Crippen molar-refractivity contribution in [2.45, 2.75) is 19.4 Å². The van der Waals surface area contributed by atoms with E-state index in [-0.39, 0.29) is 6.61 Å². The first-order valence-electron chi connectivity index (χ1n) is 4.58. The molecule has 3 nitrogen and oxygen atoms in total. The van der Waals surface area contributed by atoms with Crippen molar-refractivity contribution in [1.82, 2.24) is 4.98 Å². The zero-order chi connectivity index (χ0) is 9.10. The predicted molar refractivity (Wildman–Crippen MR) is 48.4 cm³/mol. The zero-order valence-corrected chi connectivity index (χ0v) is 7.44. The summed E-state index contributed by atoms with van der Waals surface area (Å²) < 4.78 is 5.45. The Morgan fingerprint density at radius 3 is 3.00 bits per heavy atom. The van der Waals surface area contributed by atoms with Crippen molar-refractivity contribution in [2.75, 3.05) is 6.61 Å². The summed E-state index contributed by atoms with van der Waals surface area (Å²) >= 11 is 0. The first kappa shape index (κ1) is 8.51. The Hall–Kier alpha value is -1.09. The van der Waals surface area contributed by atoms with Crippen LogP contribution in [0.25, 0.3) is 0 Å². The van der Waals surface area contributed by atoms with Gasteiger partial charge in [0, 0.05) is 6.07 Å². The van der Waals surface area contributed by atoms with Gasteiger partial charge >= 0.3 is 0 Å². The predicted octanol–water partition coefficient (Wildman–Crippen LogP) is 1.36. The molecule has 0 bridgehead atoms. The van der Waals surface area contributed by atoms with Gasteiger partial charge in [0.15, 0.2) is 0 Å². The molecule has 2 rings (SSSR count). The van der Waals surface area contributed by atoms with Crippen molar-refractivity contribution >= 4 is 0 Å². The maximum Gasteiger partial charge on any atom is 0.213 e. The van der Waals surface area contributed by atoms with E-state index < -0.39 is 0 Å². The van der Waals surface area contributed by atoms with E-state index in [2.05, 4.69) is 4.98 Å². The molecule has 1 aromatic rings. The van der Waals surface area contributed by atoms with E-state index in [4.69, 9.17) is 9.84 Å². The third kappa shape index (κ3) is 2.42. The Morgan fingerprint density at radius 2 is 2.31 bits per heavy atom. The number of aliphatic hydroxyl groups is 1. The number of rotatable bonds is 4. The second-order valence-electron chi connectivity index (χ2n) is 3.38. The number of hydrogen-bond donors (Lipinski definition) is 1. The van der Waals surface area contributed by atoms with Gasteiger partial charge in [-0.25, -0.2) is 4.98 Å². The molecule has 13 heavy (non-hydrogen) atoms. The molecular weight excluding hydrogens is 166 g/mol. The number of aliphatic hydroxyl groups excluding tert-OH is 1. The Kier molecular flexibility index (Phi) is 2.45. The van der Waals surface area contributed by atoms with Crippen molar-refractivity contribution in [3.63, 3.8) is 0 Å². The van der Waals surface area contributed by atoms with Crippen LogP contribution in [0.1, 0.15) is 18.5 Å². The monoisotopic (exact) mass is 179 g/mol. The van der Waals surface area contributed by atoms with Crippen LogP contribution in [0.5, 0.6) is 5.88 Å². The smallest absolute Gasteiger partial charge is 0.213 e. The molecule has 0 radical (unpaired) electrons. The van der Waals surface area contributed by atoms with Gasteiger partial charge in [-0.2, -0.15) is 0 Å². The van der Waals surface area contributed by atoms with E-state index in [0.717, 1.165) is 12.5 Å². The molecule has 0 aliphatic heterocycles. The molecule has 1 saturated carbocycles. The van der Waals surface area contributed by atoms with Crippen molar-refractivity contribution in [3.05, 3.63) is 23.9 Å². The van der Waals surface area contributed by atoms with Crippen LogP contribution in [0.15, 0.2) is 18.2 Å². The van der Waals surface area contributed by atoms with Crippen LogP contribution in [0, 0.1) is 5.92 Å². The molecule has 1 aliphatic rings. The van der Waals surface area contributed by atoms with Gasteiger partial charge in [0.25, 0.3) is 0 Å². The van der Waals surface area contributed by atoms with Crippen LogP contribution in [0.2, 0.25) is 0 Å². The Morgan fingerprint density at radius 1 is 1.46 bits per heavy atom. The number of hydrogen-bond acceptors (Lipinski definition) is 3. The fraction of sp³-hybridized carbons (Fsp3) is 0.500. The number of nitrogens with zero attached hydrogens (tertiary/aromatic N) is 1. The lowest BCUT2D eigenvalue weighted by atomic mass is 10.4. The van der Waals surface area contributed by atoms with Crippen molar-refractivity contribution in [3.8, 4) is 5.88 Å². The van der Waals surface area contributed by atoms with Crippen molar-refractivity contribution in [2.24, 2.45) is 5.92 Å². The average molecular weight is 179 g/mol. The summed E-state index contributed by atoms with van der Waals surface area (Å²) in [6.07, 6.45) is 2.55. The van der Waals surface area contributed by atoms with Crippen LogP contribution in [0.3, 0.4) is 0 Å². The second kappa shape index (κ2) is 3.75. The molecule has 0 unspecified atom stereocenters. The number of aromatic nitrogens is 1. The van der Waals surface area contributed by atoms with Gasteiger partial charge < -0.3 is 9.84 Å². The van der Waals surface area contributed by atoms with Gasteiger partial charge in [-0.1, -0.05) is 6.07 Å². The second-order valence-corrected chi connectivity index (χ2v) is 3.38. The maximum absolute atomic E-state index is 8.83. The fourth-order valence-electron chi connectivity index (χ4n) is 1.11. The van der Waals surface area contributed by atoms with Gasteiger partial charge in [-0.3, -0.25) is 0 Å². The summed E-state index contributed by atoms with van der Waals surface area (Å²) in [6.45, 7) is 0.739. The Labute approximate surface area is 77.4 Å². The third-order valence-corrected chi connectivity index (χ3v) is 2.11. The first-order chi connectivity index (χ1) is 6.38. The van der Waals surface area contributed by atoms with E-state index in [1.807, 2.05) is 12.1 Å². The molecular formula is C10H13NO2. The van der Waals surface area contributed by atoms with E-state index in [1.54, 1.807) is 6.07 Å². The SMILES string of the molecule is OCc1cccc(OCC2CC2)n1. The molecule has 0 aromatic carbocycles. The van der Waals surface area contributed by atoms with E-state index in [9.17, 15) is 0 Å². The van der Waals surface area contributed by atoms with Crippen molar-refractivity contribution < 1.29 is 9.84 Å². The lowest BCUT2D eigenvalue weighted by molar-refractivity contribution is 0.265. The lowest BCUT2D eigenvalue weighted by Crippen LogP contribution is -2.01. The number of ether oxygens (including phenoxy) is 1. The fourth-order valence-corrected chi connectivity index (χ4v) is 1.11. The summed E-state index contributed by atoms with van der Waals surface area (Å²) in [5.41, 5.74) is 0.660. The highest BCUT2D eigenvalue weighted by Gasteiger charge is 2.21. The molecule has 0 atom stereocenters. The van der Waals surface area contributed by atoms with Gasteiger partial charge in [-0.15, -0.1) is 0 Å². The molecule has 0 amide bonds. The first-order valence-corrected chi connectivity index (χ1v) is 4.58. The molecule has 0 spiro atoms. The zero-order valence-electron chi connectivity index (χ0n) is 7.44. The molecule has 3 heteroatoms. The summed E-state index contributed by atoms with van der Waals surface area (Å²) in [5.74, 6) is 1.36. The maximum atomic E-state index is 8.83. The standard InChI is InChI=1S/C10H13NO2/c12-6-9-2-1-3-10(11-9)13-7-8-4-5-8/h1-3,8,12H,4-7H2. The topological polar surface area (TPSA) is 42.4 Å². The summed E-state index contributed by atoms with van der Waals surface area (Å²) in [4.78, 5) is 4.12. The van der Waals surface area contributed by atoms with Crippen LogP contribution >= 0.6 is 0 Å². The number of pyridine rings is 1. The minimum Gasteiger partial charge on any atom is -0.477 e. The average Bonchev–Trinajstić information content (AvgIpc) is 2.99. The quantitative estimate of drug-likeness (QED) is 0.758. The van der Waals surface area contributed by atoms with Crippen molar-refractivity contribution in [1.29, 1.82) is 0 Å². The molecule has 1 N–H and O–H groups in total. The minimum atomic E-state index is -0.0272. The molecule has 1 aromatic heterocycles. The van der Waals surface area contributed by atoms with Gasteiger partial charge in [0.05, 0.1) is 18.9 Å². The summed E-state index contributed by atoms with van der Waals surface area (Å²) in [7, 11) is 0. The Bertz CT molecular complexity index is 284. The highest BCUT2D eigenvalue weighted by molar-refractivity contribution is 5.15. The molecule has 70 valence electrons. The normalized spacial score (nSPS) is 15.8. The van der Waals surface area contributed by atoms with Gasteiger partial charge in [-0.05, 0) is 24.8 Å². The molecule has 1 heterocycles. The largest absolute Gasteiger partial charge is 0.477 e. The highest BCUT2D eigenvalue weighted by atomic mass is 16.5. The van der Waals surface area contributed by atoms with Gasteiger partial charge in [0.1, 0.15) is 0 Å². The Balaban J connectivity index is 1.93. The van der Waals surface area contributed by atoms with Crippen LogP contribution in [-0.4, -0.2) is 16.7 Å². The van der Waals surface area contributed by atoms with Crippen LogP contribution < -0.4 is 4.74 Å². The van der Waals surface area contributed by atoms with E-state index in [0.29, 0.717) is 11.6 Å². The van der Waals surface area contributed by atoms with Crippen LogP contribution in [-0.2, 0) is 6.61 Å². The molecule has 0 saturated heterocycles. The third-order valence-electron chi connectivity index (χ3n) is 2.11. The van der Waals surface area contributed by atoms with E-state index in [1.165, 1.54) is 12.8 Å². The van der Waals surface area contributed by atoms with Crippen LogP contribution in [0.4, 0.5) is 0 Å². The summed E-state index contributed by atoms with van der Waals surface area (Å²) in [6, 6.07) is 5.45. The highest BCUT2D eigenvalue weighted by Crippen LogP contribution is 2.29. The molecule has 1 aliphatic carbocycles. The summed E-state index contributed by atoms with van der Waals surface area (Å²) in [5, 5.41) is 8.83. The minimum absolute atomic E-state index is 0.0272. The molecule has 1 fully saturated rings. The lowest BCUT2D eigenvalue weighted by Gasteiger charge is -2.04.